The molecule has 0 amide bonds. The Morgan fingerprint density at radius 2 is 2.15 bits per heavy atom. The standard InChI is InChI=1S/C11H14ClN/c1-11(6-7-13-8-11)9-4-2-3-5-10(9)12/h2-5,13H,6-8H2,1H3. The Balaban J connectivity index is 2.39. The molecule has 0 aliphatic carbocycles. The van der Waals surface area contributed by atoms with Gasteiger partial charge < -0.3 is 5.32 Å². The molecule has 0 radical (unpaired) electrons. The van der Waals surface area contributed by atoms with Gasteiger partial charge in [-0.05, 0) is 24.6 Å². The van der Waals surface area contributed by atoms with Crippen LogP contribution in [0.4, 0.5) is 0 Å². The molecule has 1 unspecified atom stereocenters. The van der Waals surface area contributed by atoms with Gasteiger partial charge in [0.15, 0.2) is 0 Å². The van der Waals surface area contributed by atoms with Crippen LogP contribution in [0.15, 0.2) is 24.3 Å². The first kappa shape index (κ1) is 9.04. The van der Waals surface area contributed by atoms with Gasteiger partial charge in [0.05, 0.1) is 0 Å². The zero-order valence-corrected chi connectivity index (χ0v) is 8.56. The van der Waals surface area contributed by atoms with E-state index in [1.54, 1.807) is 0 Å². The van der Waals surface area contributed by atoms with Crippen LogP contribution in [0.3, 0.4) is 0 Å². The summed E-state index contributed by atoms with van der Waals surface area (Å²) in [6.07, 6.45) is 1.18. The van der Waals surface area contributed by atoms with Crippen LogP contribution in [0.25, 0.3) is 0 Å². The van der Waals surface area contributed by atoms with Crippen molar-refractivity contribution in [2.45, 2.75) is 18.8 Å². The predicted molar refractivity (Wildman–Crippen MR) is 56.3 cm³/mol. The Hall–Kier alpha value is -0.530. The van der Waals surface area contributed by atoms with E-state index in [1.807, 2.05) is 12.1 Å². The normalized spacial score (nSPS) is 27.8. The second-order valence-corrected chi connectivity index (χ2v) is 4.37. The molecule has 2 rings (SSSR count). The fraction of sp³-hybridized carbons (Fsp3) is 0.455. The minimum absolute atomic E-state index is 0.234. The first-order chi connectivity index (χ1) is 6.22. The third-order valence-electron chi connectivity index (χ3n) is 2.89. The molecule has 0 aromatic heterocycles. The quantitative estimate of drug-likeness (QED) is 0.727. The van der Waals surface area contributed by atoms with Crippen molar-refractivity contribution in [1.82, 2.24) is 5.32 Å². The second kappa shape index (κ2) is 3.32. The van der Waals surface area contributed by atoms with Crippen LogP contribution in [-0.4, -0.2) is 13.1 Å². The van der Waals surface area contributed by atoms with E-state index in [1.165, 1.54) is 12.0 Å². The maximum absolute atomic E-state index is 6.17. The highest BCUT2D eigenvalue weighted by molar-refractivity contribution is 6.31. The minimum atomic E-state index is 0.234. The van der Waals surface area contributed by atoms with Gasteiger partial charge in [0.2, 0.25) is 0 Å². The second-order valence-electron chi connectivity index (χ2n) is 3.97. The van der Waals surface area contributed by atoms with Crippen LogP contribution in [-0.2, 0) is 5.41 Å². The first-order valence-corrected chi connectivity index (χ1v) is 5.06. The van der Waals surface area contributed by atoms with E-state index in [9.17, 15) is 0 Å². The maximum atomic E-state index is 6.17. The van der Waals surface area contributed by atoms with E-state index < -0.39 is 0 Å². The number of halogens is 1. The van der Waals surface area contributed by atoms with Crippen molar-refractivity contribution in [2.75, 3.05) is 13.1 Å². The summed E-state index contributed by atoms with van der Waals surface area (Å²) in [6, 6.07) is 8.15. The molecular weight excluding hydrogens is 182 g/mol. The molecule has 1 fully saturated rings. The lowest BCUT2D eigenvalue weighted by molar-refractivity contribution is 0.525. The molecule has 1 nitrogen and oxygen atoms in total. The molecule has 1 N–H and O–H groups in total. The van der Waals surface area contributed by atoms with Gasteiger partial charge in [-0.15, -0.1) is 0 Å². The fourth-order valence-corrected chi connectivity index (χ4v) is 2.36. The summed E-state index contributed by atoms with van der Waals surface area (Å²) in [4.78, 5) is 0. The summed E-state index contributed by atoms with van der Waals surface area (Å²) in [5.41, 5.74) is 1.51. The number of hydrogen-bond donors (Lipinski definition) is 1. The summed E-state index contributed by atoms with van der Waals surface area (Å²) < 4.78 is 0. The molecule has 0 spiro atoms. The summed E-state index contributed by atoms with van der Waals surface area (Å²) in [5.74, 6) is 0. The number of benzene rings is 1. The van der Waals surface area contributed by atoms with E-state index in [4.69, 9.17) is 11.6 Å². The molecule has 1 atom stereocenters. The summed E-state index contributed by atoms with van der Waals surface area (Å²) in [7, 11) is 0. The molecule has 1 heterocycles. The Bertz CT molecular complexity index is 303. The van der Waals surface area contributed by atoms with Crippen molar-refractivity contribution >= 4 is 11.6 Å². The monoisotopic (exact) mass is 195 g/mol. The highest BCUT2D eigenvalue weighted by atomic mass is 35.5. The van der Waals surface area contributed by atoms with E-state index in [-0.39, 0.29) is 5.41 Å². The van der Waals surface area contributed by atoms with E-state index in [2.05, 4.69) is 24.4 Å². The van der Waals surface area contributed by atoms with Crippen LogP contribution in [0.1, 0.15) is 18.9 Å². The molecule has 13 heavy (non-hydrogen) atoms. The van der Waals surface area contributed by atoms with Crippen molar-refractivity contribution in [3.63, 3.8) is 0 Å². The average Bonchev–Trinajstić information content (AvgIpc) is 2.54. The maximum Gasteiger partial charge on any atom is 0.0444 e. The molecule has 1 aromatic carbocycles. The van der Waals surface area contributed by atoms with Gasteiger partial charge in [-0.3, -0.25) is 0 Å². The van der Waals surface area contributed by atoms with E-state index in [0.29, 0.717) is 0 Å². The summed E-state index contributed by atoms with van der Waals surface area (Å²) in [6.45, 7) is 4.41. The van der Waals surface area contributed by atoms with Crippen molar-refractivity contribution in [3.05, 3.63) is 34.9 Å². The van der Waals surface area contributed by atoms with Crippen LogP contribution in [0, 0.1) is 0 Å². The van der Waals surface area contributed by atoms with E-state index >= 15 is 0 Å². The lowest BCUT2D eigenvalue weighted by Crippen LogP contribution is -2.25. The number of nitrogens with one attached hydrogen (secondary N) is 1. The van der Waals surface area contributed by atoms with Crippen molar-refractivity contribution in [1.29, 1.82) is 0 Å². The Morgan fingerprint density at radius 3 is 2.77 bits per heavy atom. The van der Waals surface area contributed by atoms with Gasteiger partial charge in [0.25, 0.3) is 0 Å². The lowest BCUT2D eigenvalue weighted by Gasteiger charge is -2.24. The van der Waals surface area contributed by atoms with Gasteiger partial charge in [0, 0.05) is 17.0 Å². The third-order valence-corrected chi connectivity index (χ3v) is 3.22. The lowest BCUT2D eigenvalue weighted by atomic mass is 9.82. The molecule has 2 heteroatoms. The Labute approximate surface area is 84.1 Å². The Kier molecular flexibility index (Phi) is 2.31. The van der Waals surface area contributed by atoms with Gasteiger partial charge in [-0.1, -0.05) is 36.7 Å². The third kappa shape index (κ3) is 1.59. The van der Waals surface area contributed by atoms with E-state index in [0.717, 1.165) is 18.1 Å². The fourth-order valence-electron chi connectivity index (χ4n) is 2.00. The van der Waals surface area contributed by atoms with Gasteiger partial charge in [-0.2, -0.15) is 0 Å². The van der Waals surface area contributed by atoms with Gasteiger partial charge >= 0.3 is 0 Å². The zero-order chi connectivity index (χ0) is 9.31. The molecule has 1 saturated heterocycles. The molecule has 0 bridgehead atoms. The molecular formula is C11H14ClN. The largest absolute Gasteiger partial charge is 0.316 e. The van der Waals surface area contributed by atoms with Crippen LogP contribution < -0.4 is 5.32 Å². The summed E-state index contributed by atoms with van der Waals surface area (Å²) >= 11 is 6.17. The van der Waals surface area contributed by atoms with Gasteiger partial charge in [0.1, 0.15) is 0 Å². The molecule has 1 aliphatic rings. The Morgan fingerprint density at radius 1 is 1.38 bits per heavy atom. The smallest absolute Gasteiger partial charge is 0.0444 e. The number of hydrogen-bond acceptors (Lipinski definition) is 1. The SMILES string of the molecule is CC1(c2ccccc2Cl)CCNC1. The van der Waals surface area contributed by atoms with Crippen molar-refractivity contribution < 1.29 is 0 Å². The summed E-state index contributed by atoms with van der Waals surface area (Å²) in [5, 5.41) is 4.28. The minimum Gasteiger partial charge on any atom is -0.316 e. The van der Waals surface area contributed by atoms with Crippen LogP contribution in [0.2, 0.25) is 5.02 Å². The predicted octanol–water partition coefficient (Wildman–Crippen LogP) is 2.59. The van der Waals surface area contributed by atoms with Crippen molar-refractivity contribution in [3.8, 4) is 0 Å². The highest BCUT2D eigenvalue weighted by Gasteiger charge is 2.31. The van der Waals surface area contributed by atoms with Gasteiger partial charge in [-0.25, -0.2) is 0 Å². The first-order valence-electron chi connectivity index (χ1n) is 4.68. The highest BCUT2D eigenvalue weighted by Crippen LogP contribution is 2.34. The van der Waals surface area contributed by atoms with Crippen LogP contribution in [0.5, 0.6) is 0 Å². The molecule has 1 aliphatic heterocycles. The van der Waals surface area contributed by atoms with Crippen LogP contribution >= 0.6 is 11.6 Å². The van der Waals surface area contributed by atoms with Crippen molar-refractivity contribution in [2.24, 2.45) is 0 Å². The average molecular weight is 196 g/mol. The topological polar surface area (TPSA) is 12.0 Å². The molecule has 1 aromatic rings. The zero-order valence-electron chi connectivity index (χ0n) is 7.81. The molecule has 70 valence electrons. The molecule has 0 saturated carbocycles. The number of rotatable bonds is 1.